The highest BCUT2D eigenvalue weighted by Gasteiger charge is 2.27. The maximum Gasteiger partial charge on any atom is 0.410 e. The van der Waals surface area contributed by atoms with Gasteiger partial charge in [0.1, 0.15) is 20.2 Å². The van der Waals surface area contributed by atoms with Crippen molar-refractivity contribution in [3.8, 4) is 0 Å². The van der Waals surface area contributed by atoms with Crippen molar-refractivity contribution in [3.05, 3.63) is 30.1 Å². The molecular formula is C33H59N2O4+. The van der Waals surface area contributed by atoms with E-state index in [1.165, 1.54) is 96.3 Å². The molecule has 2 atom stereocenters. The second-order valence-electron chi connectivity index (χ2n) is 11.7. The third kappa shape index (κ3) is 16.3. The first-order valence-electron chi connectivity index (χ1n) is 16.1. The number of ether oxygens (including phenoxy) is 3. The number of nitrogens with zero attached hydrogens (tertiary/aromatic N) is 2. The van der Waals surface area contributed by atoms with Gasteiger partial charge in [-0.25, -0.2) is 9.36 Å². The second kappa shape index (κ2) is 22.1. The Balaban J connectivity index is 1.34. The molecule has 1 aliphatic heterocycles. The van der Waals surface area contributed by atoms with Crippen LogP contribution in [0, 0.1) is 5.92 Å². The summed E-state index contributed by atoms with van der Waals surface area (Å²) in [5.41, 5.74) is 1.05. The minimum Gasteiger partial charge on any atom is -0.447 e. The summed E-state index contributed by atoms with van der Waals surface area (Å²) in [5.74, 6) is 0.399. The van der Waals surface area contributed by atoms with Crippen LogP contribution in [-0.4, -0.2) is 50.6 Å². The highest BCUT2D eigenvalue weighted by Crippen LogP contribution is 2.21. The molecule has 39 heavy (non-hydrogen) atoms. The van der Waals surface area contributed by atoms with Gasteiger partial charge in [0.2, 0.25) is 5.69 Å². The molecular weight excluding hydrogens is 488 g/mol. The van der Waals surface area contributed by atoms with Gasteiger partial charge >= 0.3 is 6.09 Å². The van der Waals surface area contributed by atoms with Crippen LogP contribution in [0.3, 0.4) is 0 Å². The lowest BCUT2D eigenvalue weighted by atomic mass is 10.0. The van der Waals surface area contributed by atoms with Crippen molar-refractivity contribution in [1.82, 2.24) is 4.90 Å². The van der Waals surface area contributed by atoms with E-state index in [4.69, 9.17) is 14.2 Å². The van der Waals surface area contributed by atoms with E-state index in [1.807, 2.05) is 36.0 Å². The van der Waals surface area contributed by atoms with Crippen LogP contribution >= 0.6 is 0 Å². The molecule has 0 N–H and O–H groups in total. The largest absolute Gasteiger partial charge is 0.447 e. The number of aryl methyl sites for hydroxylation is 1. The van der Waals surface area contributed by atoms with Crippen molar-refractivity contribution in [2.45, 2.75) is 129 Å². The molecule has 0 spiro atoms. The van der Waals surface area contributed by atoms with E-state index in [0.29, 0.717) is 25.7 Å². The SMILES string of the molecule is CCCCCCCCCCCCCCCCCCOC[C@H]1CO[C@H](COC(=O)N(C)Cc2cccc[n+]2C)C1. The van der Waals surface area contributed by atoms with Crippen molar-refractivity contribution in [2.24, 2.45) is 13.0 Å². The summed E-state index contributed by atoms with van der Waals surface area (Å²) >= 11 is 0. The van der Waals surface area contributed by atoms with E-state index in [-0.39, 0.29) is 12.2 Å². The van der Waals surface area contributed by atoms with Crippen LogP contribution in [0.5, 0.6) is 0 Å². The Morgan fingerprint density at radius 1 is 0.897 bits per heavy atom. The third-order valence-electron chi connectivity index (χ3n) is 7.93. The summed E-state index contributed by atoms with van der Waals surface area (Å²) in [5, 5.41) is 0. The minimum absolute atomic E-state index is 0.0284. The zero-order valence-corrected chi connectivity index (χ0v) is 25.5. The molecule has 0 saturated carbocycles. The molecule has 0 radical (unpaired) electrons. The topological polar surface area (TPSA) is 51.9 Å². The van der Waals surface area contributed by atoms with Crippen LogP contribution in [0.25, 0.3) is 0 Å². The normalized spacial score (nSPS) is 17.0. The van der Waals surface area contributed by atoms with Crippen molar-refractivity contribution in [2.75, 3.05) is 33.5 Å². The molecule has 1 aromatic rings. The number of carbonyl (C=O) groups is 1. The standard InChI is InChI=1S/C33H59N2O4/c1-4-5-6-7-8-9-10-11-12-13-14-15-16-17-18-21-24-37-27-30-25-32(38-28-30)29-39-33(36)35(3)26-31-22-19-20-23-34(31)2/h19-20,22-23,30,32H,4-18,21,24-29H2,1-3H3/q+1/t30-,32-/m0/s1. The van der Waals surface area contributed by atoms with Crippen LogP contribution in [0.4, 0.5) is 4.79 Å². The van der Waals surface area contributed by atoms with Gasteiger partial charge in [-0.3, -0.25) is 0 Å². The van der Waals surface area contributed by atoms with Crippen LogP contribution < -0.4 is 4.57 Å². The number of hydrogen-bond donors (Lipinski definition) is 0. The van der Waals surface area contributed by atoms with Gasteiger partial charge < -0.3 is 19.1 Å². The molecule has 1 fully saturated rings. The van der Waals surface area contributed by atoms with E-state index in [0.717, 1.165) is 31.7 Å². The van der Waals surface area contributed by atoms with Crippen LogP contribution in [0.2, 0.25) is 0 Å². The van der Waals surface area contributed by atoms with Gasteiger partial charge in [-0.1, -0.05) is 109 Å². The Labute approximate surface area is 239 Å². The summed E-state index contributed by atoms with van der Waals surface area (Å²) in [6.07, 6.45) is 24.7. The quantitative estimate of drug-likeness (QED) is 0.104. The highest BCUT2D eigenvalue weighted by molar-refractivity contribution is 5.67. The predicted octanol–water partition coefficient (Wildman–Crippen LogP) is 7.76. The lowest BCUT2D eigenvalue weighted by Crippen LogP contribution is -2.38. The van der Waals surface area contributed by atoms with Gasteiger partial charge in [0.05, 0.1) is 19.3 Å². The molecule has 224 valence electrons. The minimum atomic E-state index is -0.314. The lowest BCUT2D eigenvalue weighted by molar-refractivity contribution is -0.680. The Morgan fingerprint density at radius 2 is 1.49 bits per heavy atom. The zero-order chi connectivity index (χ0) is 28.0. The van der Waals surface area contributed by atoms with Gasteiger partial charge in [-0.2, -0.15) is 0 Å². The Hall–Kier alpha value is -1.66. The van der Waals surface area contributed by atoms with Crippen LogP contribution in [-0.2, 0) is 27.8 Å². The van der Waals surface area contributed by atoms with E-state index in [9.17, 15) is 4.79 Å². The van der Waals surface area contributed by atoms with E-state index >= 15 is 0 Å². The number of aromatic nitrogens is 1. The van der Waals surface area contributed by atoms with Crippen molar-refractivity contribution >= 4 is 6.09 Å². The molecule has 1 aromatic heterocycles. The first kappa shape index (κ1) is 33.5. The fourth-order valence-electron chi connectivity index (χ4n) is 5.32. The molecule has 1 aliphatic rings. The fraction of sp³-hybridized carbons (Fsp3) is 0.818. The monoisotopic (exact) mass is 547 g/mol. The molecule has 6 nitrogen and oxygen atoms in total. The maximum atomic E-state index is 12.4. The Morgan fingerprint density at radius 3 is 2.08 bits per heavy atom. The van der Waals surface area contributed by atoms with Crippen molar-refractivity contribution < 1.29 is 23.6 Å². The fourth-order valence-corrected chi connectivity index (χ4v) is 5.32. The van der Waals surface area contributed by atoms with E-state index < -0.39 is 0 Å². The van der Waals surface area contributed by atoms with Gasteiger partial charge in [0.25, 0.3) is 0 Å². The second-order valence-corrected chi connectivity index (χ2v) is 11.7. The number of rotatable bonds is 23. The van der Waals surface area contributed by atoms with E-state index in [1.54, 1.807) is 11.9 Å². The maximum absolute atomic E-state index is 12.4. The Bertz CT molecular complexity index is 744. The average molecular weight is 548 g/mol. The van der Waals surface area contributed by atoms with Gasteiger partial charge in [0, 0.05) is 31.7 Å². The van der Waals surface area contributed by atoms with Crippen molar-refractivity contribution in [3.63, 3.8) is 0 Å². The molecule has 2 rings (SSSR count). The summed E-state index contributed by atoms with van der Waals surface area (Å²) in [4.78, 5) is 14.0. The average Bonchev–Trinajstić information content (AvgIpc) is 3.40. The number of pyridine rings is 1. The first-order chi connectivity index (χ1) is 19.1. The number of unbranched alkanes of at least 4 members (excludes halogenated alkanes) is 15. The summed E-state index contributed by atoms with van der Waals surface area (Å²) in [7, 11) is 3.74. The third-order valence-corrected chi connectivity index (χ3v) is 7.93. The van der Waals surface area contributed by atoms with Gasteiger partial charge in [0.15, 0.2) is 6.20 Å². The molecule has 0 aliphatic carbocycles. The number of hydrogen-bond acceptors (Lipinski definition) is 4. The molecule has 6 heteroatoms. The van der Waals surface area contributed by atoms with Crippen LogP contribution in [0.1, 0.15) is 122 Å². The van der Waals surface area contributed by atoms with Gasteiger partial charge in [-0.15, -0.1) is 0 Å². The van der Waals surface area contributed by atoms with Gasteiger partial charge in [-0.05, 0) is 12.8 Å². The lowest BCUT2D eigenvalue weighted by Gasteiger charge is -2.17. The molecule has 1 saturated heterocycles. The molecule has 0 unspecified atom stereocenters. The van der Waals surface area contributed by atoms with Crippen LogP contribution in [0.15, 0.2) is 24.4 Å². The Kier molecular flexibility index (Phi) is 19.0. The smallest absolute Gasteiger partial charge is 0.410 e. The summed E-state index contributed by atoms with van der Waals surface area (Å²) in [6.45, 7) is 5.38. The number of carbonyl (C=O) groups excluding carboxylic acids is 1. The molecule has 0 aromatic carbocycles. The van der Waals surface area contributed by atoms with E-state index in [2.05, 4.69) is 6.92 Å². The molecule has 0 bridgehead atoms. The highest BCUT2D eigenvalue weighted by atomic mass is 16.6. The zero-order valence-electron chi connectivity index (χ0n) is 25.5. The predicted molar refractivity (Wildman–Crippen MR) is 159 cm³/mol. The first-order valence-corrected chi connectivity index (χ1v) is 16.1. The molecule has 2 heterocycles. The molecule has 1 amide bonds. The van der Waals surface area contributed by atoms with Crippen molar-refractivity contribution in [1.29, 1.82) is 0 Å². The summed E-state index contributed by atoms with van der Waals surface area (Å²) < 4.78 is 19.3. The number of amides is 1. The summed E-state index contributed by atoms with van der Waals surface area (Å²) in [6, 6.07) is 5.96.